The summed E-state index contributed by atoms with van der Waals surface area (Å²) in [6.07, 6.45) is -1.08. The van der Waals surface area contributed by atoms with Gasteiger partial charge in [-0.15, -0.1) is 0 Å². The number of anilines is 1. The first kappa shape index (κ1) is 22.7. The van der Waals surface area contributed by atoms with E-state index in [4.69, 9.17) is 4.74 Å². The smallest absolute Gasteiger partial charge is 0.339 e. The summed E-state index contributed by atoms with van der Waals surface area (Å²) in [7, 11) is 0. The molecule has 0 aromatic heterocycles. The summed E-state index contributed by atoms with van der Waals surface area (Å²) in [5.74, 6) is -1.18. The maximum absolute atomic E-state index is 13.2. The highest BCUT2D eigenvalue weighted by molar-refractivity contribution is 6.05. The van der Waals surface area contributed by atoms with E-state index in [1.165, 1.54) is 0 Å². The Bertz CT molecular complexity index is 1280. The molecule has 0 bridgehead atoms. The zero-order valence-corrected chi connectivity index (χ0v) is 18.6. The maximum atomic E-state index is 13.2. The number of carbonyl (C=O) groups excluding carboxylic acids is 3. The molecule has 34 heavy (non-hydrogen) atoms. The Morgan fingerprint density at radius 3 is 1.82 bits per heavy atom. The average molecular weight is 450 g/mol. The van der Waals surface area contributed by atoms with Crippen LogP contribution in [0.25, 0.3) is 0 Å². The third-order valence-corrected chi connectivity index (χ3v) is 5.32. The lowest BCUT2D eigenvalue weighted by atomic mass is 9.99. The fraction of sp³-hybridized carbons (Fsp3) is 0.0690. The molecule has 0 radical (unpaired) electrons. The summed E-state index contributed by atoms with van der Waals surface area (Å²) >= 11 is 0. The minimum atomic E-state index is -1.08. The van der Waals surface area contributed by atoms with Crippen LogP contribution < -0.4 is 5.32 Å². The van der Waals surface area contributed by atoms with E-state index in [0.717, 1.165) is 5.56 Å². The zero-order valence-electron chi connectivity index (χ0n) is 18.6. The minimum absolute atomic E-state index is 0.247. The van der Waals surface area contributed by atoms with Gasteiger partial charge in [-0.1, -0.05) is 78.4 Å². The minimum Gasteiger partial charge on any atom is -0.445 e. The molecule has 1 amide bonds. The number of nitrogens with one attached hydrogen (secondary N) is 1. The molecule has 5 nitrogen and oxygen atoms in total. The predicted octanol–water partition coefficient (Wildman–Crippen LogP) is 6.03. The van der Waals surface area contributed by atoms with E-state index >= 15 is 0 Å². The molecule has 4 aromatic rings. The van der Waals surface area contributed by atoms with Crippen LogP contribution in [-0.2, 0) is 4.74 Å². The van der Waals surface area contributed by atoms with E-state index in [9.17, 15) is 14.4 Å². The predicted molar refractivity (Wildman–Crippen MR) is 131 cm³/mol. The lowest BCUT2D eigenvalue weighted by Crippen LogP contribution is -2.20. The quantitative estimate of drug-likeness (QED) is 0.276. The molecule has 0 saturated heterocycles. The number of esters is 1. The largest absolute Gasteiger partial charge is 0.445 e. The third-order valence-electron chi connectivity index (χ3n) is 5.32. The first-order chi connectivity index (χ1) is 16.5. The summed E-state index contributed by atoms with van der Waals surface area (Å²) < 4.78 is 5.68. The molecule has 0 fully saturated rings. The second-order valence-electron chi connectivity index (χ2n) is 7.82. The van der Waals surface area contributed by atoms with Crippen molar-refractivity contribution in [3.63, 3.8) is 0 Å². The lowest BCUT2D eigenvalue weighted by molar-refractivity contribution is 0.0280. The van der Waals surface area contributed by atoms with Gasteiger partial charge in [-0.2, -0.15) is 0 Å². The molecule has 0 spiro atoms. The van der Waals surface area contributed by atoms with E-state index in [-0.39, 0.29) is 17.3 Å². The second-order valence-corrected chi connectivity index (χ2v) is 7.82. The van der Waals surface area contributed by atoms with Crippen molar-refractivity contribution in [1.29, 1.82) is 0 Å². The van der Waals surface area contributed by atoms with Gasteiger partial charge in [0.25, 0.3) is 5.91 Å². The second kappa shape index (κ2) is 10.4. The molecule has 0 saturated carbocycles. The number of rotatable bonds is 7. The Labute approximate surface area is 198 Å². The van der Waals surface area contributed by atoms with Gasteiger partial charge >= 0.3 is 5.97 Å². The van der Waals surface area contributed by atoms with E-state index < -0.39 is 12.1 Å². The maximum Gasteiger partial charge on any atom is 0.339 e. The van der Waals surface area contributed by atoms with Gasteiger partial charge in [0.2, 0.25) is 5.78 Å². The van der Waals surface area contributed by atoms with Gasteiger partial charge in [-0.25, -0.2) is 4.79 Å². The monoisotopic (exact) mass is 449 g/mol. The number of aryl methyl sites for hydroxylation is 1. The van der Waals surface area contributed by atoms with E-state index in [0.29, 0.717) is 22.4 Å². The van der Waals surface area contributed by atoms with Crippen molar-refractivity contribution in [2.45, 2.75) is 13.0 Å². The Morgan fingerprint density at radius 1 is 0.647 bits per heavy atom. The number of hydrogen-bond acceptors (Lipinski definition) is 4. The average Bonchev–Trinajstić information content (AvgIpc) is 2.88. The highest BCUT2D eigenvalue weighted by atomic mass is 16.5. The molecular formula is C29H23NO4. The van der Waals surface area contributed by atoms with Gasteiger partial charge in [0.15, 0.2) is 6.10 Å². The summed E-state index contributed by atoms with van der Waals surface area (Å²) in [5.41, 5.74) is 3.44. The molecule has 4 aromatic carbocycles. The molecular weight excluding hydrogens is 426 g/mol. The van der Waals surface area contributed by atoms with Crippen LogP contribution in [0.5, 0.6) is 0 Å². The van der Waals surface area contributed by atoms with Crippen LogP contribution in [0.3, 0.4) is 0 Å². The zero-order chi connectivity index (χ0) is 23.9. The number of ketones is 1. The first-order valence-electron chi connectivity index (χ1n) is 10.8. The van der Waals surface area contributed by atoms with Crippen LogP contribution >= 0.6 is 0 Å². The first-order valence-corrected chi connectivity index (χ1v) is 10.8. The van der Waals surface area contributed by atoms with Gasteiger partial charge in [0.05, 0.1) is 5.56 Å². The van der Waals surface area contributed by atoms with Crippen LogP contribution in [0, 0.1) is 6.92 Å². The van der Waals surface area contributed by atoms with Gasteiger partial charge in [-0.3, -0.25) is 9.59 Å². The van der Waals surface area contributed by atoms with Crippen molar-refractivity contribution < 1.29 is 19.1 Å². The summed E-state index contributed by atoms with van der Waals surface area (Å²) in [5, 5.41) is 2.79. The fourth-order valence-corrected chi connectivity index (χ4v) is 3.43. The molecule has 0 aliphatic rings. The van der Waals surface area contributed by atoms with E-state index in [1.54, 1.807) is 84.9 Å². The SMILES string of the molecule is Cc1ccc(C(=O)[C@@H](OC(=O)c2ccc(NC(=O)c3ccccc3)cc2)c2ccccc2)cc1. The lowest BCUT2D eigenvalue weighted by Gasteiger charge is -2.18. The van der Waals surface area contributed by atoms with Crippen molar-refractivity contribution >= 4 is 23.3 Å². The van der Waals surface area contributed by atoms with Crippen LogP contribution in [0.2, 0.25) is 0 Å². The number of benzene rings is 4. The van der Waals surface area contributed by atoms with Crippen molar-refractivity contribution in [3.8, 4) is 0 Å². The van der Waals surface area contributed by atoms with Gasteiger partial charge in [-0.05, 0) is 43.3 Å². The van der Waals surface area contributed by atoms with Crippen molar-refractivity contribution in [1.82, 2.24) is 0 Å². The number of amides is 1. The molecule has 0 heterocycles. The van der Waals surface area contributed by atoms with E-state index in [1.807, 2.05) is 31.2 Å². The summed E-state index contributed by atoms with van der Waals surface area (Å²) in [6, 6.07) is 31.3. The van der Waals surface area contributed by atoms with Crippen molar-refractivity contribution in [2.75, 3.05) is 5.32 Å². The van der Waals surface area contributed by atoms with E-state index in [2.05, 4.69) is 5.32 Å². The summed E-state index contributed by atoms with van der Waals surface area (Å²) in [6.45, 7) is 1.94. The fourth-order valence-electron chi connectivity index (χ4n) is 3.43. The molecule has 0 aliphatic heterocycles. The van der Waals surface area contributed by atoms with Gasteiger partial charge in [0, 0.05) is 22.4 Å². The van der Waals surface area contributed by atoms with Crippen molar-refractivity contribution in [3.05, 3.63) is 137 Å². The molecule has 0 aliphatic carbocycles. The Kier molecular flexibility index (Phi) is 6.94. The van der Waals surface area contributed by atoms with Gasteiger partial charge in [0.1, 0.15) is 0 Å². The Balaban J connectivity index is 1.50. The van der Waals surface area contributed by atoms with Gasteiger partial charge < -0.3 is 10.1 Å². The Morgan fingerprint density at radius 2 is 1.21 bits per heavy atom. The highest BCUT2D eigenvalue weighted by Gasteiger charge is 2.26. The van der Waals surface area contributed by atoms with Crippen LogP contribution in [0.1, 0.15) is 48.3 Å². The Hall–Kier alpha value is -4.51. The standard InChI is InChI=1S/C29H23NO4/c1-20-12-14-21(15-13-20)26(31)27(22-8-4-2-5-9-22)34-29(33)24-16-18-25(19-17-24)30-28(32)23-10-6-3-7-11-23/h2-19,27H,1H3,(H,30,32)/t27-/m0/s1. The number of Topliss-reactive ketones (excluding diaryl/α,β-unsaturated/α-hetero) is 1. The number of ether oxygens (including phenoxy) is 1. The molecule has 0 unspecified atom stereocenters. The third kappa shape index (κ3) is 5.45. The summed E-state index contributed by atoms with van der Waals surface area (Å²) in [4.78, 5) is 38.4. The number of carbonyl (C=O) groups is 3. The molecule has 4 rings (SSSR count). The van der Waals surface area contributed by atoms with Crippen LogP contribution in [-0.4, -0.2) is 17.7 Å². The molecule has 168 valence electrons. The topological polar surface area (TPSA) is 72.5 Å². The molecule has 1 N–H and O–H groups in total. The van der Waals surface area contributed by atoms with Crippen LogP contribution in [0.15, 0.2) is 109 Å². The molecule has 1 atom stereocenters. The van der Waals surface area contributed by atoms with Crippen LogP contribution in [0.4, 0.5) is 5.69 Å². The molecule has 5 heteroatoms. The highest BCUT2D eigenvalue weighted by Crippen LogP contribution is 2.25. The normalized spacial score (nSPS) is 11.3. The van der Waals surface area contributed by atoms with Crippen molar-refractivity contribution in [2.24, 2.45) is 0 Å². The number of hydrogen-bond donors (Lipinski definition) is 1.